The second kappa shape index (κ2) is 5.18. The molecule has 0 aliphatic rings. The first-order valence-corrected chi connectivity index (χ1v) is 6.93. The van der Waals surface area contributed by atoms with Crippen LogP contribution in [0.3, 0.4) is 0 Å². The third-order valence-corrected chi connectivity index (χ3v) is 3.79. The van der Waals surface area contributed by atoms with Gasteiger partial charge in [0.15, 0.2) is 0 Å². The Kier molecular flexibility index (Phi) is 4.66. The molecule has 1 N–H and O–H groups in total. The average molecular weight is 432 g/mol. The van der Waals surface area contributed by atoms with E-state index >= 15 is 0 Å². The Bertz CT molecular complexity index is 335. The summed E-state index contributed by atoms with van der Waals surface area (Å²) >= 11 is 4.35. The summed E-state index contributed by atoms with van der Waals surface area (Å²) in [5.41, 5.74) is 1.30. The summed E-state index contributed by atoms with van der Waals surface area (Å²) < 4.78 is 2.85. The molecule has 84 valence electrons. The number of benzene rings is 1. The molecule has 0 saturated heterocycles. The molecule has 0 radical (unpaired) electrons. The lowest BCUT2D eigenvalue weighted by Gasteiger charge is -2.23. The van der Waals surface area contributed by atoms with Crippen molar-refractivity contribution in [2.45, 2.75) is 6.42 Å². The summed E-state index contributed by atoms with van der Waals surface area (Å²) in [6.07, 6.45) is 1.05. The van der Waals surface area contributed by atoms with Crippen LogP contribution in [0.2, 0.25) is 0 Å². The van der Waals surface area contributed by atoms with E-state index in [1.807, 2.05) is 0 Å². The van der Waals surface area contributed by atoms with Gasteiger partial charge in [0.1, 0.15) is 5.75 Å². The summed E-state index contributed by atoms with van der Waals surface area (Å²) in [7, 11) is 6.57. The molecule has 1 rings (SSSR count). The Morgan fingerprint density at radius 3 is 2.00 bits per heavy atom. The predicted octanol–water partition coefficient (Wildman–Crippen LogP) is 2.85. The van der Waals surface area contributed by atoms with Crippen molar-refractivity contribution in [3.63, 3.8) is 0 Å². The molecule has 0 heterocycles. The van der Waals surface area contributed by atoms with E-state index in [1.165, 1.54) is 5.56 Å². The largest absolute Gasteiger partial charge is 0.506 e. The molecule has 2 nitrogen and oxygen atoms in total. The molecule has 0 amide bonds. The molecule has 4 heteroatoms. The van der Waals surface area contributed by atoms with E-state index in [9.17, 15) is 5.11 Å². The SMILES string of the molecule is C[N+](C)(C)CCc1cc(I)c(O)c(I)c1. The lowest BCUT2D eigenvalue weighted by atomic mass is 10.1. The standard InChI is InChI=1S/C11H15I2NO/c1-14(2,3)5-4-8-6-9(12)11(15)10(13)7-8/h6-7H,4-5H2,1-3H3/p+1. The van der Waals surface area contributed by atoms with E-state index in [-0.39, 0.29) is 0 Å². The molecule has 0 saturated carbocycles. The number of phenols is 1. The maximum absolute atomic E-state index is 9.64. The molecule has 0 aromatic heterocycles. The Balaban J connectivity index is 2.80. The lowest BCUT2D eigenvalue weighted by molar-refractivity contribution is -0.870. The second-order valence-corrected chi connectivity index (χ2v) is 7.00. The molecule has 0 unspecified atom stereocenters. The summed E-state index contributed by atoms with van der Waals surface area (Å²) in [5, 5.41) is 9.64. The summed E-state index contributed by atoms with van der Waals surface area (Å²) in [6.45, 7) is 1.11. The van der Waals surface area contributed by atoms with Crippen molar-refractivity contribution in [3.8, 4) is 5.75 Å². The number of likely N-dealkylation sites (N-methyl/N-ethyl adjacent to an activating group) is 1. The van der Waals surface area contributed by atoms with E-state index in [0.29, 0.717) is 5.75 Å². The number of aromatic hydroxyl groups is 1. The molecule has 1 aromatic carbocycles. The summed E-state index contributed by atoms with van der Waals surface area (Å²) in [6, 6.07) is 4.13. The maximum Gasteiger partial charge on any atom is 0.142 e. The number of rotatable bonds is 3. The van der Waals surface area contributed by atoms with Gasteiger partial charge >= 0.3 is 0 Å². The zero-order valence-corrected chi connectivity index (χ0v) is 13.5. The van der Waals surface area contributed by atoms with Gasteiger partial charge < -0.3 is 9.59 Å². The van der Waals surface area contributed by atoms with Crippen LogP contribution in [0.1, 0.15) is 5.56 Å². The molecule has 0 spiro atoms. The van der Waals surface area contributed by atoms with Gasteiger partial charge in [0.05, 0.1) is 34.8 Å². The molecule has 0 bridgehead atoms. The number of nitrogens with zero attached hydrogens (tertiary/aromatic N) is 1. The first-order chi connectivity index (χ1) is 6.79. The second-order valence-electron chi connectivity index (χ2n) is 4.67. The quantitative estimate of drug-likeness (QED) is 0.576. The number of halogens is 2. The predicted molar refractivity (Wildman–Crippen MR) is 80.1 cm³/mol. The smallest absolute Gasteiger partial charge is 0.142 e. The number of hydrogen-bond donors (Lipinski definition) is 1. The van der Waals surface area contributed by atoms with Crippen molar-refractivity contribution in [3.05, 3.63) is 24.8 Å². The summed E-state index contributed by atoms with van der Waals surface area (Å²) in [4.78, 5) is 0. The van der Waals surface area contributed by atoms with Gasteiger partial charge in [0.2, 0.25) is 0 Å². The Morgan fingerprint density at radius 2 is 1.60 bits per heavy atom. The highest BCUT2D eigenvalue weighted by Crippen LogP contribution is 2.27. The minimum Gasteiger partial charge on any atom is -0.506 e. The van der Waals surface area contributed by atoms with Gasteiger partial charge in [0.25, 0.3) is 0 Å². The fraction of sp³-hybridized carbons (Fsp3) is 0.455. The molecule has 0 aliphatic carbocycles. The van der Waals surface area contributed by atoms with Crippen molar-refractivity contribution in [2.24, 2.45) is 0 Å². The molecular weight excluding hydrogens is 416 g/mol. The van der Waals surface area contributed by atoms with Gasteiger partial charge in [-0.25, -0.2) is 0 Å². The highest BCUT2D eigenvalue weighted by atomic mass is 127. The topological polar surface area (TPSA) is 20.2 Å². The molecule has 1 aromatic rings. The van der Waals surface area contributed by atoms with Crippen LogP contribution >= 0.6 is 45.2 Å². The number of hydrogen-bond acceptors (Lipinski definition) is 1. The molecule has 0 fully saturated rings. The molecular formula is C11H16I2NO+. The van der Waals surface area contributed by atoms with Crippen molar-refractivity contribution >= 4 is 45.2 Å². The normalized spacial score (nSPS) is 11.8. The monoisotopic (exact) mass is 432 g/mol. The number of quaternary nitrogens is 1. The highest BCUT2D eigenvalue weighted by Gasteiger charge is 2.10. The first kappa shape index (κ1) is 13.5. The number of phenolic OH excluding ortho intramolecular Hbond substituents is 1. The molecule has 0 aliphatic heterocycles. The van der Waals surface area contributed by atoms with Crippen LogP contribution in [0.25, 0.3) is 0 Å². The maximum atomic E-state index is 9.64. The minimum absolute atomic E-state index is 0.408. The Labute approximate surface area is 119 Å². The third kappa shape index (κ3) is 4.44. The van der Waals surface area contributed by atoms with Gasteiger partial charge in [-0.15, -0.1) is 0 Å². The Morgan fingerprint density at radius 1 is 1.13 bits per heavy atom. The van der Waals surface area contributed by atoms with Crippen LogP contribution in [0, 0.1) is 7.14 Å². The van der Waals surface area contributed by atoms with Crippen LogP contribution in [0.15, 0.2) is 12.1 Å². The van der Waals surface area contributed by atoms with E-state index in [4.69, 9.17) is 0 Å². The van der Waals surface area contributed by atoms with Gasteiger partial charge in [0, 0.05) is 6.42 Å². The average Bonchev–Trinajstić information content (AvgIpc) is 2.09. The zero-order valence-electron chi connectivity index (χ0n) is 9.22. The van der Waals surface area contributed by atoms with Crippen LogP contribution in [0.5, 0.6) is 5.75 Å². The van der Waals surface area contributed by atoms with Crippen molar-refractivity contribution in [1.82, 2.24) is 0 Å². The fourth-order valence-electron chi connectivity index (χ4n) is 1.23. The van der Waals surface area contributed by atoms with Gasteiger partial charge in [-0.2, -0.15) is 0 Å². The Hall–Kier alpha value is 0.440. The van der Waals surface area contributed by atoms with Crippen molar-refractivity contribution in [1.29, 1.82) is 0 Å². The highest BCUT2D eigenvalue weighted by molar-refractivity contribution is 14.1. The summed E-state index contributed by atoms with van der Waals surface area (Å²) in [5.74, 6) is 0.408. The van der Waals surface area contributed by atoms with Crippen LogP contribution in [-0.4, -0.2) is 37.3 Å². The van der Waals surface area contributed by atoms with Crippen LogP contribution < -0.4 is 0 Å². The van der Waals surface area contributed by atoms with E-state index < -0.39 is 0 Å². The van der Waals surface area contributed by atoms with Crippen LogP contribution in [-0.2, 0) is 6.42 Å². The van der Waals surface area contributed by atoms with E-state index in [0.717, 1.165) is 24.6 Å². The fourth-order valence-corrected chi connectivity index (χ4v) is 3.12. The minimum atomic E-state index is 0.408. The molecule has 0 atom stereocenters. The van der Waals surface area contributed by atoms with Crippen LogP contribution in [0.4, 0.5) is 0 Å². The lowest BCUT2D eigenvalue weighted by Crippen LogP contribution is -2.36. The van der Waals surface area contributed by atoms with E-state index in [2.05, 4.69) is 78.5 Å². The van der Waals surface area contributed by atoms with Crippen molar-refractivity contribution in [2.75, 3.05) is 27.7 Å². The zero-order chi connectivity index (χ0) is 11.6. The van der Waals surface area contributed by atoms with Gasteiger partial charge in [-0.1, -0.05) is 0 Å². The van der Waals surface area contributed by atoms with E-state index in [1.54, 1.807) is 0 Å². The molecule has 15 heavy (non-hydrogen) atoms. The van der Waals surface area contributed by atoms with Crippen molar-refractivity contribution < 1.29 is 9.59 Å². The third-order valence-electron chi connectivity index (χ3n) is 2.15. The first-order valence-electron chi connectivity index (χ1n) is 4.77. The van der Waals surface area contributed by atoms with Gasteiger partial charge in [-0.3, -0.25) is 0 Å². The van der Waals surface area contributed by atoms with Gasteiger partial charge in [-0.05, 0) is 62.9 Å².